The Hall–Kier alpha value is -1.76. The number of nitro benzene ring substituents is 1. The zero-order chi connectivity index (χ0) is 14.0. The third-order valence-electron chi connectivity index (χ3n) is 3.27. The van der Waals surface area contributed by atoms with Gasteiger partial charge in [0.2, 0.25) is 0 Å². The van der Waals surface area contributed by atoms with Crippen LogP contribution in [0.5, 0.6) is 0 Å². The lowest BCUT2D eigenvalue weighted by Gasteiger charge is -2.31. The van der Waals surface area contributed by atoms with E-state index in [1.165, 1.54) is 12.1 Å². The Kier molecular flexibility index (Phi) is 3.94. The standard InChI is InChI=1S/C12H14F2N2O3/c13-12(14)10-5-8(16(18)19)1-2-11(10)15-6-7-3-9(17)4-7/h1-2,5,7,9,12,15,17H,3-4,6H2. The number of nitro groups is 1. The van der Waals surface area contributed by atoms with Gasteiger partial charge in [0, 0.05) is 29.9 Å². The van der Waals surface area contributed by atoms with Crippen LogP contribution in [0.25, 0.3) is 0 Å². The van der Waals surface area contributed by atoms with Gasteiger partial charge in [-0.2, -0.15) is 0 Å². The number of hydrogen-bond acceptors (Lipinski definition) is 4. The minimum atomic E-state index is -2.77. The van der Waals surface area contributed by atoms with E-state index in [1.54, 1.807) is 0 Å². The zero-order valence-electron chi connectivity index (χ0n) is 10.1. The van der Waals surface area contributed by atoms with Gasteiger partial charge in [0.1, 0.15) is 0 Å². The summed E-state index contributed by atoms with van der Waals surface area (Å²) in [6.45, 7) is 0.481. The van der Waals surface area contributed by atoms with Crippen LogP contribution in [0.4, 0.5) is 20.2 Å². The molecule has 7 heteroatoms. The van der Waals surface area contributed by atoms with E-state index < -0.39 is 11.3 Å². The molecule has 0 aromatic heterocycles. The van der Waals surface area contributed by atoms with Gasteiger partial charge in [-0.1, -0.05) is 0 Å². The molecule has 0 atom stereocenters. The van der Waals surface area contributed by atoms with Gasteiger partial charge in [0.05, 0.1) is 11.0 Å². The summed E-state index contributed by atoms with van der Waals surface area (Å²) in [6, 6.07) is 3.39. The Labute approximate surface area is 108 Å². The molecule has 0 spiro atoms. The number of anilines is 1. The molecule has 104 valence electrons. The summed E-state index contributed by atoms with van der Waals surface area (Å²) < 4.78 is 25.7. The average molecular weight is 272 g/mol. The Morgan fingerprint density at radius 3 is 2.68 bits per heavy atom. The van der Waals surface area contributed by atoms with Crippen LogP contribution in [0.1, 0.15) is 24.8 Å². The summed E-state index contributed by atoms with van der Waals surface area (Å²) in [5.74, 6) is 0.260. The minimum Gasteiger partial charge on any atom is -0.393 e. The van der Waals surface area contributed by atoms with Crippen molar-refractivity contribution in [2.75, 3.05) is 11.9 Å². The van der Waals surface area contributed by atoms with Gasteiger partial charge in [0.15, 0.2) is 0 Å². The molecule has 2 rings (SSSR count). The van der Waals surface area contributed by atoms with Crippen LogP contribution in [0.3, 0.4) is 0 Å². The normalized spacial score (nSPS) is 22.1. The highest BCUT2D eigenvalue weighted by Crippen LogP contribution is 2.32. The second-order valence-corrected chi connectivity index (χ2v) is 4.70. The lowest BCUT2D eigenvalue weighted by atomic mass is 9.82. The monoisotopic (exact) mass is 272 g/mol. The van der Waals surface area contributed by atoms with Gasteiger partial charge < -0.3 is 10.4 Å². The molecule has 1 saturated carbocycles. The molecule has 1 aromatic carbocycles. The molecular formula is C12H14F2N2O3. The van der Waals surface area contributed by atoms with E-state index in [0.717, 1.165) is 6.07 Å². The number of alkyl halides is 2. The van der Waals surface area contributed by atoms with Crippen LogP contribution < -0.4 is 5.32 Å². The third kappa shape index (κ3) is 3.17. The quantitative estimate of drug-likeness (QED) is 0.638. The number of non-ortho nitro benzene ring substituents is 1. The lowest BCUT2D eigenvalue weighted by Crippen LogP contribution is -2.33. The molecule has 1 aromatic rings. The van der Waals surface area contributed by atoms with Gasteiger partial charge >= 0.3 is 0 Å². The van der Waals surface area contributed by atoms with Crippen molar-refractivity contribution in [2.45, 2.75) is 25.4 Å². The van der Waals surface area contributed by atoms with Crippen molar-refractivity contribution in [3.05, 3.63) is 33.9 Å². The van der Waals surface area contributed by atoms with Crippen LogP contribution in [0.15, 0.2) is 18.2 Å². The SMILES string of the molecule is O=[N+]([O-])c1ccc(NCC2CC(O)C2)c(C(F)F)c1. The number of nitrogens with zero attached hydrogens (tertiary/aromatic N) is 1. The molecule has 0 heterocycles. The Balaban J connectivity index is 2.08. The lowest BCUT2D eigenvalue weighted by molar-refractivity contribution is -0.385. The fourth-order valence-corrected chi connectivity index (χ4v) is 2.13. The molecular weight excluding hydrogens is 258 g/mol. The van der Waals surface area contributed by atoms with Crippen LogP contribution in [0, 0.1) is 16.0 Å². The van der Waals surface area contributed by atoms with Gasteiger partial charge in [-0.05, 0) is 24.8 Å². The van der Waals surface area contributed by atoms with Crippen molar-refractivity contribution < 1.29 is 18.8 Å². The Morgan fingerprint density at radius 2 is 2.16 bits per heavy atom. The van der Waals surface area contributed by atoms with Crippen molar-refractivity contribution in [3.8, 4) is 0 Å². The largest absolute Gasteiger partial charge is 0.393 e. The van der Waals surface area contributed by atoms with E-state index >= 15 is 0 Å². The van der Waals surface area contributed by atoms with Crippen molar-refractivity contribution >= 4 is 11.4 Å². The summed E-state index contributed by atoms with van der Waals surface area (Å²) in [5, 5.41) is 22.6. The molecule has 0 aliphatic heterocycles. The first kappa shape index (κ1) is 13.7. The Bertz CT molecular complexity index is 476. The maximum absolute atomic E-state index is 12.9. The molecule has 0 unspecified atom stereocenters. The zero-order valence-corrected chi connectivity index (χ0v) is 10.1. The number of nitrogens with one attached hydrogen (secondary N) is 1. The van der Waals surface area contributed by atoms with Gasteiger partial charge in [-0.15, -0.1) is 0 Å². The van der Waals surface area contributed by atoms with E-state index in [4.69, 9.17) is 5.11 Å². The molecule has 0 amide bonds. The highest BCUT2D eigenvalue weighted by Gasteiger charge is 2.27. The highest BCUT2D eigenvalue weighted by atomic mass is 19.3. The topological polar surface area (TPSA) is 75.4 Å². The molecule has 5 nitrogen and oxygen atoms in total. The third-order valence-corrected chi connectivity index (χ3v) is 3.27. The van der Waals surface area contributed by atoms with Gasteiger partial charge in [-0.3, -0.25) is 10.1 Å². The van der Waals surface area contributed by atoms with Crippen LogP contribution in [0.2, 0.25) is 0 Å². The maximum atomic E-state index is 12.9. The molecule has 0 radical (unpaired) electrons. The smallest absolute Gasteiger partial charge is 0.270 e. The molecule has 1 aliphatic rings. The second-order valence-electron chi connectivity index (χ2n) is 4.70. The van der Waals surface area contributed by atoms with Crippen LogP contribution >= 0.6 is 0 Å². The maximum Gasteiger partial charge on any atom is 0.270 e. The van der Waals surface area contributed by atoms with Gasteiger partial charge in [0.25, 0.3) is 12.1 Å². The number of hydrogen-bond donors (Lipinski definition) is 2. The highest BCUT2D eigenvalue weighted by molar-refractivity contribution is 5.56. The first-order valence-corrected chi connectivity index (χ1v) is 5.95. The predicted octanol–water partition coefficient (Wildman–Crippen LogP) is 2.72. The number of halogens is 2. The van der Waals surface area contributed by atoms with E-state index in [9.17, 15) is 18.9 Å². The van der Waals surface area contributed by atoms with Gasteiger partial charge in [-0.25, -0.2) is 8.78 Å². The van der Waals surface area contributed by atoms with E-state index in [2.05, 4.69) is 5.32 Å². The minimum absolute atomic E-state index is 0.210. The molecule has 0 saturated heterocycles. The van der Waals surface area contributed by atoms with Crippen LogP contribution in [-0.2, 0) is 0 Å². The average Bonchev–Trinajstić information content (AvgIpc) is 2.32. The summed E-state index contributed by atoms with van der Waals surface area (Å²) in [4.78, 5) is 9.86. The summed E-state index contributed by atoms with van der Waals surface area (Å²) in [5.41, 5.74) is -0.504. The predicted molar refractivity (Wildman–Crippen MR) is 65.3 cm³/mol. The molecule has 19 heavy (non-hydrogen) atoms. The fourth-order valence-electron chi connectivity index (χ4n) is 2.13. The number of aliphatic hydroxyl groups is 1. The number of benzene rings is 1. The molecule has 0 bridgehead atoms. The molecule has 1 aliphatic carbocycles. The van der Waals surface area contributed by atoms with Crippen molar-refractivity contribution in [1.82, 2.24) is 0 Å². The number of aliphatic hydroxyl groups excluding tert-OH is 1. The fraction of sp³-hybridized carbons (Fsp3) is 0.500. The first-order chi connectivity index (χ1) is 8.97. The molecule has 2 N–H and O–H groups in total. The second kappa shape index (κ2) is 5.48. The van der Waals surface area contributed by atoms with Crippen molar-refractivity contribution in [1.29, 1.82) is 0 Å². The summed E-state index contributed by atoms with van der Waals surface area (Å²) >= 11 is 0. The van der Waals surface area contributed by atoms with E-state index in [0.29, 0.717) is 19.4 Å². The summed E-state index contributed by atoms with van der Waals surface area (Å²) in [7, 11) is 0. The molecule has 1 fully saturated rings. The van der Waals surface area contributed by atoms with Crippen molar-refractivity contribution in [3.63, 3.8) is 0 Å². The van der Waals surface area contributed by atoms with E-state index in [-0.39, 0.29) is 29.0 Å². The summed E-state index contributed by atoms with van der Waals surface area (Å²) in [6.07, 6.45) is -1.75. The van der Waals surface area contributed by atoms with E-state index in [1.807, 2.05) is 0 Å². The van der Waals surface area contributed by atoms with Crippen LogP contribution in [-0.4, -0.2) is 22.7 Å². The Morgan fingerprint density at radius 1 is 1.47 bits per heavy atom. The first-order valence-electron chi connectivity index (χ1n) is 5.95. The number of rotatable bonds is 5. The van der Waals surface area contributed by atoms with Crippen molar-refractivity contribution in [2.24, 2.45) is 5.92 Å².